The van der Waals surface area contributed by atoms with Gasteiger partial charge in [-0.15, -0.1) is 0 Å². The van der Waals surface area contributed by atoms with Crippen LogP contribution >= 0.6 is 0 Å². The van der Waals surface area contributed by atoms with Crippen LogP contribution in [0.2, 0.25) is 0 Å². The van der Waals surface area contributed by atoms with Crippen LogP contribution in [0.5, 0.6) is 0 Å². The molecule has 4 nitrogen and oxygen atoms in total. The van der Waals surface area contributed by atoms with Crippen LogP contribution in [-0.2, 0) is 9.53 Å². The molecule has 0 aliphatic rings. The van der Waals surface area contributed by atoms with Gasteiger partial charge in [0.15, 0.2) is 0 Å². The first kappa shape index (κ1) is 16.0. The Kier molecular flexibility index (Phi) is 5.12. The minimum absolute atomic E-state index is 0.00185. The van der Waals surface area contributed by atoms with E-state index in [1.165, 1.54) is 24.3 Å². The lowest BCUT2D eigenvalue weighted by molar-refractivity contribution is -0.142. The minimum atomic E-state index is -4.48. The lowest BCUT2D eigenvalue weighted by Crippen LogP contribution is -2.31. The predicted molar refractivity (Wildman–Crippen MR) is 65.0 cm³/mol. The third-order valence-corrected chi connectivity index (χ3v) is 2.55. The molecule has 1 aromatic carbocycles. The molecule has 0 heterocycles. The fourth-order valence-corrected chi connectivity index (χ4v) is 1.81. The SMILES string of the molecule is COC(=O)c1ccccc1C(CC(F)(F)F)NC(C)=O. The Morgan fingerprint density at radius 3 is 2.40 bits per heavy atom. The summed E-state index contributed by atoms with van der Waals surface area (Å²) >= 11 is 0. The van der Waals surface area contributed by atoms with Crippen LogP contribution in [0, 0.1) is 0 Å². The van der Waals surface area contributed by atoms with E-state index in [2.05, 4.69) is 10.1 Å². The fraction of sp³-hybridized carbons (Fsp3) is 0.385. The smallest absolute Gasteiger partial charge is 0.391 e. The zero-order valence-corrected chi connectivity index (χ0v) is 11.0. The van der Waals surface area contributed by atoms with Crippen LogP contribution in [-0.4, -0.2) is 25.2 Å². The third-order valence-electron chi connectivity index (χ3n) is 2.55. The van der Waals surface area contributed by atoms with Gasteiger partial charge in [-0.2, -0.15) is 13.2 Å². The average molecular weight is 289 g/mol. The van der Waals surface area contributed by atoms with E-state index in [4.69, 9.17) is 0 Å². The fourth-order valence-electron chi connectivity index (χ4n) is 1.81. The maximum atomic E-state index is 12.6. The van der Waals surface area contributed by atoms with Gasteiger partial charge in [0.25, 0.3) is 0 Å². The molecule has 1 aromatic rings. The summed E-state index contributed by atoms with van der Waals surface area (Å²) in [6, 6.07) is 4.38. The number of alkyl halides is 3. The Morgan fingerprint density at radius 1 is 1.30 bits per heavy atom. The Labute approximate surface area is 113 Å². The maximum absolute atomic E-state index is 12.6. The van der Waals surface area contributed by atoms with Gasteiger partial charge in [0, 0.05) is 6.92 Å². The van der Waals surface area contributed by atoms with Crippen LogP contribution in [0.3, 0.4) is 0 Å². The second-order valence-electron chi connectivity index (χ2n) is 4.15. The zero-order valence-electron chi connectivity index (χ0n) is 11.0. The molecule has 1 unspecified atom stereocenters. The highest BCUT2D eigenvalue weighted by molar-refractivity contribution is 5.91. The lowest BCUT2D eigenvalue weighted by atomic mass is 9.97. The third kappa shape index (κ3) is 4.56. The Bertz CT molecular complexity index is 500. The molecule has 110 valence electrons. The highest BCUT2D eigenvalue weighted by Crippen LogP contribution is 2.31. The van der Waals surface area contributed by atoms with E-state index in [0.717, 1.165) is 14.0 Å². The first-order valence-electron chi connectivity index (χ1n) is 5.75. The summed E-state index contributed by atoms with van der Waals surface area (Å²) in [5.41, 5.74) is 0.0740. The molecule has 20 heavy (non-hydrogen) atoms. The number of nitrogens with one attached hydrogen (secondary N) is 1. The van der Waals surface area contributed by atoms with Crippen molar-refractivity contribution in [2.75, 3.05) is 7.11 Å². The molecule has 1 amide bonds. The number of ether oxygens (including phenoxy) is 1. The number of hydrogen-bond acceptors (Lipinski definition) is 3. The molecular weight excluding hydrogens is 275 g/mol. The van der Waals surface area contributed by atoms with Crippen molar-refractivity contribution >= 4 is 11.9 Å². The molecule has 0 fully saturated rings. The summed E-state index contributed by atoms with van der Waals surface area (Å²) in [6.07, 6.45) is -5.74. The average Bonchev–Trinajstić information content (AvgIpc) is 2.35. The highest BCUT2D eigenvalue weighted by Gasteiger charge is 2.34. The van der Waals surface area contributed by atoms with Gasteiger partial charge < -0.3 is 10.1 Å². The predicted octanol–water partition coefficient (Wildman–Crippen LogP) is 2.60. The molecule has 1 N–H and O–H groups in total. The van der Waals surface area contributed by atoms with E-state index in [0.29, 0.717) is 0 Å². The van der Waals surface area contributed by atoms with Crippen LogP contribution in [0.4, 0.5) is 13.2 Å². The number of rotatable bonds is 4. The maximum Gasteiger partial charge on any atom is 0.391 e. The van der Waals surface area contributed by atoms with Crippen molar-refractivity contribution in [3.05, 3.63) is 35.4 Å². The molecule has 0 aliphatic heterocycles. The molecule has 0 radical (unpaired) electrons. The standard InChI is InChI=1S/C13H14F3NO3/c1-8(18)17-11(7-13(14,15)16)9-5-3-4-6-10(9)12(19)20-2/h3-6,11H,7H2,1-2H3,(H,17,18). The van der Waals surface area contributed by atoms with Crippen molar-refractivity contribution < 1.29 is 27.5 Å². The van der Waals surface area contributed by atoms with E-state index < -0.39 is 30.5 Å². The molecule has 0 saturated carbocycles. The Morgan fingerprint density at radius 2 is 1.90 bits per heavy atom. The molecule has 7 heteroatoms. The van der Waals surface area contributed by atoms with Crippen LogP contribution in [0.15, 0.2) is 24.3 Å². The number of amides is 1. The molecule has 0 aromatic heterocycles. The second kappa shape index (κ2) is 6.40. The van der Waals surface area contributed by atoms with Gasteiger partial charge in [-0.05, 0) is 11.6 Å². The Hall–Kier alpha value is -2.05. The quantitative estimate of drug-likeness (QED) is 0.867. The van der Waals surface area contributed by atoms with Crippen molar-refractivity contribution in [2.24, 2.45) is 0 Å². The Balaban J connectivity index is 3.19. The number of halogens is 3. The molecule has 0 bridgehead atoms. The highest BCUT2D eigenvalue weighted by atomic mass is 19.4. The number of carbonyl (C=O) groups is 2. The van der Waals surface area contributed by atoms with E-state index in [9.17, 15) is 22.8 Å². The van der Waals surface area contributed by atoms with Crippen LogP contribution in [0.25, 0.3) is 0 Å². The summed E-state index contributed by atoms with van der Waals surface area (Å²) in [6.45, 7) is 1.12. The van der Waals surface area contributed by atoms with Crippen molar-refractivity contribution in [2.45, 2.75) is 25.6 Å². The summed E-state index contributed by atoms with van der Waals surface area (Å²) in [7, 11) is 1.14. The van der Waals surface area contributed by atoms with Gasteiger partial charge >= 0.3 is 12.1 Å². The first-order chi connectivity index (χ1) is 9.24. The molecule has 0 spiro atoms. The van der Waals surface area contributed by atoms with E-state index in [1.807, 2.05) is 0 Å². The van der Waals surface area contributed by atoms with Crippen molar-refractivity contribution in [3.8, 4) is 0 Å². The van der Waals surface area contributed by atoms with Gasteiger partial charge in [0.1, 0.15) is 0 Å². The zero-order chi connectivity index (χ0) is 15.3. The number of hydrogen-bond donors (Lipinski definition) is 1. The molecular formula is C13H14F3NO3. The van der Waals surface area contributed by atoms with Gasteiger partial charge in [0.05, 0.1) is 25.1 Å². The topological polar surface area (TPSA) is 55.4 Å². The van der Waals surface area contributed by atoms with Crippen molar-refractivity contribution in [1.82, 2.24) is 5.32 Å². The molecule has 1 rings (SSSR count). The van der Waals surface area contributed by atoms with E-state index in [-0.39, 0.29) is 11.1 Å². The summed E-state index contributed by atoms with van der Waals surface area (Å²) in [4.78, 5) is 22.6. The van der Waals surface area contributed by atoms with E-state index in [1.54, 1.807) is 0 Å². The van der Waals surface area contributed by atoms with Gasteiger partial charge in [-0.3, -0.25) is 4.79 Å². The molecule has 0 aliphatic carbocycles. The minimum Gasteiger partial charge on any atom is -0.465 e. The first-order valence-corrected chi connectivity index (χ1v) is 5.75. The number of benzene rings is 1. The summed E-state index contributed by atoms with van der Waals surface area (Å²) < 4.78 is 42.3. The van der Waals surface area contributed by atoms with Crippen molar-refractivity contribution in [3.63, 3.8) is 0 Å². The van der Waals surface area contributed by atoms with Gasteiger partial charge in [0.2, 0.25) is 5.91 Å². The van der Waals surface area contributed by atoms with Crippen LogP contribution < -0.4 is 5.32 Å². The van der Waals surface area contributed by atoms with Gasteiger partial charge in [-0.1, -0.05) is 18.2 Å². The number of carbonyl (C=O) groups excluding carboxylic acids is 2. The van der Waals surface area contributed by atoms with E-state index >= 15 is 0 Å². The molecule has 0 saturated heterocycles. The molecule has 1 atom stereocenters. The van der Waals surface area contributed by atoms with Gasteiger partial charge in [-0.25, -0.2) is 4.79 Å². The number of esters is 1. The largest absolute Gasteiger partial charge is 0.465 e. The van der Waals surface area contributed by atoms with Crippen LogP contribution in [0.1, 0.15) is 35.3 Å². The number of methoxy groups -OCH3 is 1. The monoisotopic (exact) mass is 289 g/mol. The lowest BCUT2D eigenvalue weighted by Gasteiger charge is -2.21. The second-order valence-corrected chi connectivity index (χ2v) is 4.15. The van der Waals surface area contributed by atoms with Crippen molar-refractivity contribution in [1.29, 1.82) is 0 Å². The summed E-state index contributed by atoms with van der Waals surface area (Å²) in [5.74, 6) is -1.36. The summed E-state index contributed by atoms with van der Waals surface area (Å²) in [5, 5.41) is 2.21. The normalized spacial score (nSPS) is 12.7.